The Hall–Kier alpha value is -1.60. The smallest absolute Gasteiger partial charge is 0.280 e. The van der Waals surface area contributed by atoms with E-state index >= 15 is 0 Å². The van der Waals surface area contributed by atoms with Crippen molar-refractivity contribution in [1.82, 2.24) is 9.55 Å². The molecule has 0 radical (unpaired) electrons. The molecule has 0 aliphatic heterocycles. The Morgan fingerprint density at radius 2 is 2.21 bits per heavy atom. The molecule has 0 atom stereocenters. The van der Waals surface area contributed by atoms with E-state index in [9.17, 15) is 12.8 Å². The molecule has 8 heteroatoms. The van der Waals surface area contributed by atoms with Gasteiger partial charge in [-0.25, -0.2) is 17.8 Å². The highest BCUT2D eigenvalue weighted by Gasteiger charge is 2.14. The second kappa shape index (κ2) is 5.18. The van der Waals surface area contributed by atoms with E-state index in [0.717, 1.165) is 0 Å². The number of halogens is 2. The van der Waals surface area contributed by atoms with Crippen LogP contribution in [-0.2, 0) is 15.6 Å². The van der Waals surface area contributed by atoms with Crippen LogP contribution in [0.4, 0.5) is 4.39 Å². The minimum absolute atomic E-state index is 0.127. The first-order chi connectivity index (χ1) is 8.91. The number of aromatic nitrogens is 2. The maximum Gasteiger partial charge on any atom is 0.280 e. The molecule has 0 aliphatic carbocycles. The Balaban J connectivity index is 2.29. The zero-order chi connectivity index (χ0) is 14.0. The summed E-state index contributed by atoms with van der Waals surface area (Å²) in [7, 11) is 2.65. The van der Waals surface area contributed by atoms with Gasteiger partial charge in [-0.15, -0.1) is 0 Å². The molecule has 0 spiro atoms. The van der Waals surface area contributed by atoms with Crippen molar-refractivity contribution >= 4 is 19.7 Å². The van der Waals surface area contributed by atoms with Gasteiger partial charge in [0, 0.05) is 22.4 Å². The summed E-state index contributed by atoms with van der Waals surface area (Å²) in [6, 6.07) is 4.72. The largest absolute Gasteiger partial charge is 0.494 e. The van der Waals surface area contributed by atoms with Crippen LogP contribution in [0.5, 0.6) is 5.75 Å². The molecule has 0 fully saturated rings. The summed E-state index contributed by atoms with van der Waals surface area (Å²) < 4.78 is 42.3. The molecule has 5 nitrogen and oxygen atoms in total. The molecular weight excluding hydrogens is 295 g/mol. The number of methoxy groups -OCH3 is 1. The molecule has 1 aromatic carbocycles. The molecule has 2 aromatic rings. The summed E-state index contributed by atoms with van der Waals surface area (Å²) in [5, 5.41) is -0.266. The van der Waals surface area contributed by atoms with E-state index in [4.69, 9.17) is 15.4 Å². The van der Waals surface area contributed by atoms with Crippen LogP contribution in [0.1, 0.15) is 5.56 Å². The Kier molecular flexibility index (Phi) is 3.77. The number of rotatable bonds is 4. The molecule has 1 heterocycles. The Bertz CT molecular complexity index is 700. The highest BCUT2D eigenvalue weighted by atomic mass is 35.7. The summed E-state index contributed by atoms with van der Waals surface area (Å²) in [4.78, 5) is 3.65. The van der Waals surface area contributed by atoms with Crippen LogP contribution >= 0.6 is 10.7 Å². The van der Waals surface area contributed by atoms with Gasteiger partial charge in [-0.2, -0.15) is 0 Å². The molecule has 0 aliphatic rings. The predicted octanol–water partition coefficient (Wildman–Crippen LogP) is 2.01. The highest BCUT2D eigenvalue weighted by Crippen LogP contribution is 2.21. The molecule has 0 saturated carbocycles. The van der Waals surface area contributed by atoms with Gasteiger partial charge in [0.05, 0.1) is 20.0 Å². The summed E-state index contributed by atoms with van der Waals surface area (Å²) in [6.45, 7) is 0.127. The number of nitrogens with zero attached hydrogens (tertiary/aromatic N) is 2. The van der Waals surface area contributed by atoms with Crippen LogP contribution in [0.2, 0.25) is 0 Å². The number of imidazole rings is 1. The molecule has 2 rings (SSSR count). The van der Waals surface area contributed by atoms with Gasteiger partial charge in [0.15, 0.2) is 16.6 Å². The van der Waals surface area contributed by atoms with Crippen molar-refractivity contribution in [3.05, 3.63) is 42.1 Å². The van der Waals surface area contributed by atoms with E-state index in [2.05, 4.69) is 4.98 Å². The third-order valence-corrected chi connectivity index (χ3v) is 3.66. The van der Waals surface area contributed by atoms with E-state index in [0.29, 0.717) is 5.56 Å². The standard InChI is InChI=1S/C11H10ClFN2O3S/c1-18-9-4-2-3-8(11(9)13)5-15-6-10(14-7-15)19(12,16)17/h2-4,6-7H,5H2,1H3. The zero-order valence-corrected chi connectivity index (χ0v) is 11.4. The Morgan fingerprint density at radius 1 is 1.47 bits per heavy atom. The second-order valence-electron chi connectivity index (χ2n) is 3.76. The van der Waals surface area contributed by atoms with E-state index < -0.39 is 14.9 Å². The molecule has 19 heavy (non-hydrogen) atoms. The lowest BCUT2D eigenvalue weighted by atomic mass is 10.2. The fraction of sp³-hybridized carbons (Fsp3) is 0.182. The third-order valence-electron chi connectivity index (χ3n) is 2.48. The van der Waals surface area contributed by atoms with Crippen LogP contribution in [-0.4, -0.2) is 25.1 Å². The summed E-state index contributed by atoms with van der Waals surface area (Å²) >= 11 is 0. The summed E-state index contributed by atoms with van der Waals surface area (Å²) in [5.41, 5.74) is 0.357. The van der Waals surface area contributed by atoms with Crippen LogP contribution in [0.25, 0.3) is 0 Å². The van der Waals surface area contributed by atoms with Gasteiger partial charge in [0.2, 0.25) is 0 Å². The van der Waals surface area contributed by atoms with Gasteiger partial charge < -0.3 is 9.30 Å². The summed E-state index contributed by atoms with van der Waals surface area (Å²) in [6.07, 6.45) is 2.51. The maximum atomic E-state index is 13.9. The lowest BCUT2D eigenvalue weighted by Crippen LogP contribution is -2.01. The first kappa shape index (κ1) is 13.8. The predicted molar refractivity (Wildman–Crippen MR) is 67.3 cm³/mol. The average molecular weight is 305 g/mol. The Morgan fingerprint density at radius 3 is 2.79 bits per heavy atom. The second-order valence-corrected chi connectivity index (χ2v) is 6.27. The molecule has 0 amide bonds. The van der Waals surface area contributed by atoms with Gasteiger partial charge in [-0.1, -0.05) is 12.1 Å². The molecular formula is C11H10ClFN2O3S. The van der Waals surface area contributed by atoms with Gasteiger partial charge in [0.1, 0.15) is 0 Å². The first-order valence-electron chi connectivity index (χ1n) is 5.19. The monoisotopic (exact) mass is 304 g/mol. The topological polar surface area (TPSA) is 61.2 Å². The van der Waals surface area contributed by atoms with E-state index in [1.807, 2.05) is 0 Å². The van der Waals surface area contributed by atoms with Crippen molar-refractivity contribution in [1.29, 1.82) is 0 Å². The SMILES string of the molecule is COc1cccc(Cn2cnc(S(=O)(=O)Cl)c2)c1F. The number of hydrogen-bond donors (Lipinski definition) is 0. The van der Waals surface area contributed by atoms with Crippen molar-refractivity contribution in [2.24, 2.45) is 0 Å². The van der Waals surface area contributed by atoms with Crippen LogP contribution in [0, 0.1) is 5.82 Å². The van der Waals surface area contributed by atoms with Crippen molar-refractivity contribution in [3.8, 4) is 5.75 Å². The first-order valence-corrected chi connectivity index (χ1v) is 7.50. The third kappa shape index (κ3) is 3.05. The van der Waals surface area contributed by atoms with Gasteiger partial charge in [0.25, 0.3) is 9.05 Å². The van der Waals surface area contributed by atoms with Gasteiger partial charge in [-0.05, 0) is 6.07 Å². The number of hydrogen-bond acceptors (Lipinski definition) is 4. The van der Waals surface area contributed by atoms with E-state index in [-0.39, 0.29) is 17.3 Å². The molecule has 1 aromatic heterocycles. The lowest BCUT2D eigenvalue weighted by molar-refractivity contribution is 0.383. The molecule has 0 bridgehead atoms. The zero-order valence-electron chi connectivity index (χ0n) is 9.88. The van der Waals surface area contributed by atoms with Crippen molar-refractivity contribution < 1.29 is 17.5 Å². The fourth-order valence-corrected chi connectivity index (χ4v) is 2.26. The average Bonchev–Trinajstić information content (AvgIpc) is 2.80. The van der Waals surface area contributed by atoms with Crippen LogP contribution < -0.4 is 4.74 Å². The van der Waals surface area contributed by atoms with Crippen molar-refractivity contribution in [3.63, 3.8) is 0 Å². The molecule has 0 saturated heterocycles. The molecule has 0 unspecified atom stereocenters. The molecule has 0 N–H and O–H groups in total. The number of ether oxygens (including phenoxy) is 1. The summed E-state index contributed by atoms with van der Waals surface area (Å²) in [5.74, 6) is -0.364. The van der Waals surface area contributed by atoms with Crippen LogP contribution in [0.15, 0.2) is 35.7 Å². The Labute approximate surface area is 114 Å². The maximum absolute atomic E-state index is 13.9. The minimum atomic E-state index is -3.88. The van der Waals surface area contributed by atoms with Crippen LogP contribution in [0.3, 0.4) is 0 Å². The van der Waals surface area contributed by atoms with E-state index in [1.54, 1.807) is 12.1 Å². The van der Waals surface area contributed by atoms with Gasteiger partial charge in [-0.3, -0.25) is 0 Å². The van der Waals surface area contributed by atoms with E-state index in [1.165, 1.54) is 30.3 Å². The molecule has 102 valence electrons. The normalized spacial score (nSPS) is 11.5. The quantitative estimate of drug-likeness (QED) is 0.811. The lowest BCUT2D eigenvalue weighted by Gasteiger charge is -2.07. The number of benzene rings is 1. The van der Waals surface area contributed by atoms with Crippen molar-refractivity contribution in [2.75, 3.05) is 7.11 Å². The fourth-order valence-electron chi connectivity index (χ4n) is 1.58. The highest BCUT2D eigenvalue weighted by molar-refractivity contribution is 8.13. The van der Waals surface area contributed by atoms with Gasteiger partial charge >= 0.3 is 0 Å². The van der Waals surface area contributed by atoms with Crippen molar-refractivity contribution in [2.45, 2.75) is 11.6 Å². The minimum Gasteiger partial charge on any atom is -0.494 e.